The molecule has 0 fully saturated rings. The number of amides is 1. The van der Waals surface area contributed by atoms with Crippen LogP contribution >= 0.6 is 0 Å². The molecule has 0 aromatic heterocycles. The first-order valence-corrected chi connectivity index (χ1v) is 5.91. The Hall–Kier alpha value is -1.39. The summed E-state index contributed by atoms with van der Waals surface area (Å²) in [5.74, 6) is -0.407. The van der Waals surface area contributed by atoms with E-state index in [9.17, 15) is 9.90 Å². The van der Waals surface area contributed by atoms with Gasteiger partial charge in [-0.1, -0.05) is 19.1 Å². The highest BCUT2D eigenvalue weighted by atomic mass is 16.3. The van der Waals surface area contributed by atoms with Crippen LogP contribution in [0.25, 0.3) is 0 Å². The number of benzene rings is 1. The van der Waals surface area contributed by atoms with Gasteiger partial charge in [-0.3, -0.25) is 4.79 Å². The monoisotopic (exact) mass is 236 g/mol. The van der Waals surface area contributed by atoms with Gasteiger partial charge in [0.05, 0.1) is 6.10 Å². The van der Waals surface area contributed by atoms with Gasteiger partial charge in [-0.15, -0.1) is 0 Å². The third-order valence-corrected chi connectivity index (χ3v) is 2.69. The van der Waals surface area contributed by atoms with Crippen molar-refractivity contribution in [1.82, 2.24) is 5.32 Å². The van der Waals surface area contributed by atoms with Crippen LogP contribution in [0.2, 0.25) is 0 Å². The molecule has 0 bridgehead atoms. The highest BCUT2D eigenvalue weighted by molar-refractivity contribution is 5.92. The molecule has 0 spiro atoms. The summed E-state index contributed by atoms with van der Waals surface area (Å²) in [5, 5.41) is 12.6. The zero-order valence-corrected chi connectivity index (χ0v) is 10.1. The van der Waals surface area contributed by atoms with Crippen LogP contribution in [-0.2, 0) is 6.54 Å². The summed E-state index contributed by atoms with van der Waals surface area (Å²) in [6.07, 6.45) is 1.32. The fraction of sp³-hybridized carbons (Fsp3) is 0.462. The Labute approximate surface area is 102 Å². The van der Waals surface area contributed by atoms with Crippen molar-refractivity contribution in [2.24, 2.45) is 5.73 Å². The highest BCUT2D eigenvalue weighted by Crippen LogP contribution is 2.03. The van der Waals surface area contributed by atoms with Crippen molar-refractivity contribution < 1.29 is 9.90 Å². The molecule has 94 valence electrons. The molecule has 17 heavy (non-hydrogen) atoms. The van der Waals surface area contributed by atoms with Crippen molar-refractivity contribution >= 4 is 5.91 Å². The van der Waals surface area contributed by atoms with E-state index in [0.29, 0.717) is 5.56 Å². The second-order valence-corrected chi connectivity index (χ2v) is 4.09. The first-order valence-electron chi connectivity index (χ1n) is 5.91. The number of hydrogen-bond acceptors (Lipinski definition) is 3. The maximum atomic E-state index is 10.9. The molecule has 1 aromatic carbocycles. The summed E-state index contributed by atoms with van der Waals surface area (Å²) < 4.78 is 0. The third kappa shape index (κ3) is 4.97. The maximum absolute atomic E-state index is 10.9. The molecule has 0 aliphatic heterocycles. The molecule has 0 radical (unpaired) electrons. The number of aliphatic hydroxyl groups excluding tert-OH is 1. The Morgan fingerprint density at radius 3 is 2.59 bits per heavy atom. The number of carbonyl (C=O) groups is 1. The first kappa shape index (κ1) is 13.7. The quantitative estimate of drug-likeness (QED) is 0.619. The predicted molar refractivity (Wildman–Crippen MR) is 67.6 cm³/mol. The lowest BCUT2D eigenvalue weighted by Crippen LogP contribution is -2.19. The fourth-order valence-electron chi connectivity index (χ4n) is 1.49. The molecule has 1 unspecified atom stereocenters. The van der Waals surface area contributed by atoms with Crippen molar-refractivity contribution in [2.45, 2.75) is 32.4 Å². The molecule has 4 heteroatoms. The zero-order chi connectivity index (χ0) is 12.7. The minimum Gasteiger partial charge on any atom is -0.393 e. The average Bonchev–Trinajstić information content (AvgIpc) is 2.34. The lowest BCUT2D eigenvalue weighted by atomic mass is 10.1. The molecule has 0 saturated heterocycles. The SMILES string of the molecule is CCC(O)CCNCc1ccc(C(N)=O)cc1. The lowest BCUT2D eigenvalue weighted by molar-refractivity contribution is 0.1000. The standard InChI is InChI=1S/C13H20N2O2/c1-2-12(16)7-8-15-9-10-3-5-11(6-4-10)13(14)17/h3-6,12,15-16H,2,7-9H2,1H3,(H2,14,17). The second-order valence-electron chi connectivity index (χ2n) is 4.09. The van der Waals surface area contributed by atoms with Crippen molar-refractivity contribution in [1.29, 1.82) is 0 Å². The van der Waals surface area contributed by atoms with Gasteiger partial charge in [0.2, 0.25) is 5.91 Å². The van der Waals surface area contributed by atoms with Gasteiger partial charge in [0.15, 0.2) is 0 Å². The van der Waals surface area contributed by atoms with Crippen LogP contribution in [0.15, 0.2) is 24.3 Å². The summed E-state index contributed by atoms with van der Waals surface area (Å²) >= 11 is 0. The normalized spacial score (nSPS) is 12.4. The number of carbonyl (C=O) groups excluding carboxylic acids is 1. The molecule has 0 aliphatic rings. The number of hydrogen-bond donors (Lipinski definition) is 3. The first-order chi connectivity index (χ1) is 8.13. The van der Waals surface area contributed by atoms with Gasteiger partial charge in [0.1, 0.15) is 0 Å². The van der Waals surface area contributed by atoms with E-state index in [1.54, 1.807) is 12.1 Å². The number of nitrogens with one attached hydrogen (secondary N) is 1. The molecule has 4 N–H and O–H groups in total. The Bertz CT molecular complexity index is 349. The molecule has 1 aromatic rings. The van der Waals surface area contributed by atoms with Gasteiger partial charge in [-0.05, 0) is 37.1 Å². The van der Waals surface area contributed by atoms with Crippen LogP contribution in [0.3, 0.4) is 0 Å². The molecule has 1 amide bonds. The van der Waals surface area contributed by atoms with Crippen LogP contribution < -0.4 is 11.1 Å². The Morgan fingerprint density at radius 2 is 2.06 bits per heavy atom. The topological polar surface area (TPSA) is 75.3 Å². The number of rotatable bonds is 7. The van der Waals surface area contributed by atoms with E-state index in [1.807, 2.05) is 19.1 Å². The Morgan fingerprint density at radius 1 is 1.41 bits per heavy atom. The molecule has 1 rings (SSSR count). The predicted octanol–water partition coefficient (Wildman–Crippen LogP) is 1.04. The number of aliphatic hydroxyl groups is 1. The van der Waals surface area contributed by atoms with E-state index in [-0.39, 0.29) is 6.10 Å². The van der Waals surface area contributed by atoms with Crippen LogP contribution in [0, 0.1) is 0 Å². The van der Waals surface area contributed by atoms with Crippen molar-refractivity contribution in [2.75, 3.05) is 6.54 Å². The summed E-state index contributed by atoms with van der Waals surface area (Å²) in [4.78, 5) is 10.9. The molecule has 0 aliphatic carbocycles. The van der Waals surface area contributed by atoms with Gasteiger partial charge >= 0.3 is 0 Å². The molecule has 0 saturated carbocycles. The molecular formula is C13H20N2O2. The van der Waals surface area contributed by atoms with Gasteiger partial charge in [-0.2, -0.15) is 0 Å². The lowest BCUT2D eigenvalue weighted by Gasteiger charge is -2.08. The molecule has 4 nitrogen and oxygen atoms in total. The largest absolute Gasteiger partial charge is 0.393 e. The van der Waals surface area contributed by atoms with Crippen molar-refractivity contribution in [3.05, 3.63) is 35.4 Å². The molecule has 0 heterocycles. The van der Waals surface area contributed by atoms with Gasteiger partial charge in [0.25, 0.3) is 0 Å². The Kier molecular flexibility index (Phi) is 5.66. The van der Waals surface area contributed by atoms with Gasteiger partial charge in [-0.25, -0.2) is 0 Å². The smallest absolute Gasteiger partial charge is 0.248 e. The third-order valence-electron chi connectivity index (χ3n) is 2.69. The van der Waals surface area contributed by atoms with E-state index in [0.717, 1.165) is 31.5 Å². The zero-order valence-electron chi connectivity index (χ0n) is 10.1. The van der Waals surface area contributed by atoms with E-state index in [4.69, 9.17) is 5.73 Å². The minimum atomic E-state index is -0.407. The van der Waals surface area contributed by atoms with Crippen LogP contribution in [0.1, 0.15) is 35.7 Å². The van der Waals surface area contributed by atoms with Gasteiger partial charge in [0, 0.05) is 12.1 Å². The summed E-state index contributed by atoms with van der Waals surface area (Å²) in [6, 6.07) is 7.20. The van der Waals surface area contributed by atoms with Crippen molar-refractivity contribution in [3.63, 3.8) is 0 Å². The highest BCUT2D eigenvalue weighted by Gasteiger charge is 2.01. The summed E-state index contributed by atoms with van der Waals surface area (Å²) in [5.41, 5.74) is 6.77. The van der Waals surface area contributed by atoms with Crippen LogP contribution in [0.5, 0.6) is 0 Å². The van der Waals surface area contributed by atoms with E-state index >= 15 is 0 Å². The molecule has 1 atom stereocenters. The average molecular weight is 236 g/mol. The Balaban J connectivity index is 2.30. The fourth-order valence-corrected chi connectivity index (χ4v) is 1.49. The molecular weight excluding hydrogens is 216 g/mol. The number of nitrogens with two attached hydrogens (primary N) is 1. The minimum absolute atomic E-state index is 0.222. The number of primary amides is 1. The maximum Gasteiger partial charge on any atom is 0.248 e. The summed E-state index contributed by atoms with van der Waals surface area (Å²) in [7, 11) is 0. The van der Waals surface area contributed by atoms with E-state index in [2.05, 4.69) is 5.32 Å². The van der Waals surface area contributed by atoms with Crippen LogP contribution in [-0.4, -0.2) is 23.7 Å². The summed E-state index contributed by atoms with van der Waals surface area (Å²) in [6.45, 7) is 3.48. The van der Waals surface area contributed by atoms with Crippen LogP contribution in [0.4, 0.5) is 0 Å². The van der Waals surface area contributed by atoms with E-state index in [1.165, 1.54) is 0 Å². The van der Waals surface area contributed by atoms with E-state index < -0.39 is 5.91 Å². The van der Waals surface area contributed by atoms with Gasteiger partial charge < -0.3 is 16.2 Å². The van der Waals surface area contributed by atoms with Crippen molar-refractivity contribution in [3.8, 4) is 0 Å². The second kappa shape index (κ2) is 7.04.